The molecule has 0 radical (unpaired) electrons. The Bertz CT molecular complexity index is 854. The number of nitrogens with zero attached hydrogens (tertiary/aromatic N) is 1. The average molecular weight is 383 g/mol. The van der Waals surface area contributed by atoms with E-state index in [0.29, 0.717) is 10.7 Å². The van der Waals surface area contributed by atoms with E-state index < -0.39 is 29.1 Å². The van der Waals surface area contributed by atoms with Gasteiger partial charge in [0.15, 0.2) is 6.61 Å². The van der Waals surface area contributed by atoms with Crippen molar-refractivity contribution >= 4 is 46.5 Å². The fraction of sp³-hybridized carbons (Fsp3) is 0.125. The third-order valence-corrected chi connectivity index (χ3v) is 3.81. The van der Waals surface area contributed by atoms with E-state index in [1.165, 1.54) is 12.1 Å². The first kappa shape index (κ1) is 18.7. The average Bonchev–Trinajstić information content (AvgIpc) is 2.56. The summed E-state index contributed by atoms with van der Waals surface area (Å²) < 4.78 is 4.82. The topological polar surface area (TPSA) is 98.5 Å². The Balaban J connectivity index is 2.01. The van der Waals surface area contributed by atoms with Gasteiger partial charge in [0.1, 0.15) is 5.56 Å². The lowest BCUT2D eigenvalue weighted by atomic mass is 10.2. The van der Waals surface area contributed by atoms with Gasteiger partial charge in [-0.3, -0.25) is 14.9 Å². The second kappa shape index (κ2) is 7.96. The van der Waals surface area contributed by atoms with Gasteiger partial charge in [-0.15, -0.1) is 0 Å². The zero-order valence-electron chi connectivity index (χ0n) is 12.9. The van der Waals surface area contributed by atoms with Crippen LogP contribution in [-0.2, 0) is 9.53 Å². The van der Waals surface area contributed by atoms with Crippen LogP contribution < -0.4 is 5.32 Å². The van der Waals surface area contributed by atoms with E-state index in [9.17, 15) is 19.7 Å². The van der Waals surface area contributed by atoms with E-state index in [4.69, 9.17) is 27.9 Å². The van der Waals surface area contributed by atoms with Crippen LogP contribution in [0.1, 0.15) is 15.9 Å². The van der Waals surface area contributed by atoms with Gasteiger partial charge in [0.25, 0.3) is 11.6 Å². The lowest BCUT2D eigenvalue weighted by molar-refractivity contribution is -0.385. The summed E-state index contributed by atoms with van der Waals surface area (Å²) in [5.74, 6) is -1.61. The molecule has 7 nitrogen and oxygen atoms in total. The van der Waals surface area contributed by atoms with E-state index in [1.807, 2.05) is 6.92 Å². The zero-order valence-corrected chi connectivity index (χ0v) is 14.4. The summed E-state index contributed by atoms with van der Waals surface area (Å²) in [6.07, 6.45) is 0. The Labute approximate surface area is 152 Å². The minimum Gasteiger partial charge on any atom is -0.452 e. The molecule has 25 heavy (non-hydrogen) atoms. The van der Waals surface area contributed by atoms with E-state index in [2.05, 4.69) is 5.32 Å². The normalized spacial score (nSPS) is 10.2. The molecule has 0 aliphatic heterocycles. The molecule has 0 saturated heterocycles. The van der Waals surface area contributed by atoms with E-state index in [1.54, 1.807) is 18.2 Å². The van der Waals surface area contributed by atoms with Crippen molar-refractivity contribution in [2.75, 3.05) is 11.9 Å². The molecule has 0 bridgehead atoms. The number of benzene rings is 2. The molecule has 1 N–H and O–H groups in total. The van der Waals surface area contributed by atoms with Crippen molar-refractivity contribution in [3.8, 4) is 0 Å². The number of rotatable bonds is 5. The lowest BCUT2D eigenvalue weighted by Gasteiger charge is -2.08. The zero-order chi connectivity index (χ0) is 18.6. The van der Waals surface area contributed by atoms with Crippen LogP contribution in [0.15, 0.2) is 36.4 Å². The van der Waals surface area contributed by atoms with E-state index in [0.717, 1.165) is 11.6 Å². The maximum atomic E-state index is 12.0. The molecule has 2 aromatic carbocycles. The summed E-state index contributed by atoms with van der Waals surface area (Å²) in [5.41, 5.74) is 0.499. The summed E-state index contributed by atoms with van der Waals surface area (Å²) in [7, 11) is 0. The molecule has 0 atom stereocenters. The number of carbonyl (C=O) groups excluding carboxylic acids is 2. The van der Waals surface area contributed by atoms with Gasteiger partial charge in [-0.25, -0.2) is 4.79 Å². The number of nitro groups is 1. The van der Waals surface area contributed by atoms with Crippen LogP contribution in [0.25, 0.3) is 0 Å². The SMILES string of the molecule is Cc1ccc(NC(=O)COC(=O)c2ccc(Cl)cc2[N+](=O)[O-])cc1Cl. The first-order valence-corrected chi connectivity index (χ1v) is 7.70. The maximum absolute atomic E-state index is 12.0. The van der Waals surface area contributed by atoms with Gasteiger partial charge in [-0.2, -0.15) is 0 Å². The Hall–Kier alpha value is -2.64. The van der Waals surface area contributed by atoms with Gasteiger partial charge in [-0.1, -0.05) is 29.3 Å². The van der Waals surface area contributed by atoms with Crippen molar-refractivity contribution in [2.45, 2.75) is 6.92 Å². The Morgan fingerprint density at radius 2 is 1.92 bits per heavy atom. The van der Waals surface area contributed by atoms with E-state index in [-0.39, 0.29) is 10.6 Å². The Morgan fingerprint density at radius 3 is 2.56 bits per heavy atom. The molecule has 0 heterocycles. The fourth-order valence-electron chi connectivity index (χ4n) is 1.90. The largest absolute Gasteiger partial charge is 0.452 e. The highest BCUT2D eigenvalue weighted by molar-refractivity contribution is 6.31. The summed E-state index contributed by atoms with van der Waals surface area (Å²) in [6.45, 7) is 1.21. The second-order valence-electron chi connectivity index (χ2n) is 5.01. The monoisotopic (exact) mass is 382 g/mol. The van der Waals surface area contributed by atoms with Crippen LogP contribution >= 0.6 is 23.2 Å². The van der Waals surface area contributed by atoms with Crippen LogP contribution in [0.2, 0.25) is 10.0 Å². The van der Waals surface area contributed by atoms with Crippen LogP contribution in [0, 0.1) is 17.0 Å². The minimum atomic E-state index is -1.000. The molecule has 0 saturated carbocycles. The first-order valence-electron chi connectivity index (χ1n) is 6.95. The quantitative estimate of drug-likeness (QED) is 0.478. The van der Waals surface area contributed by atoms with Crippen molar-refractivity contribution in [3.63, 3.8) is 0 Å². The third kappa shape index (κ3) is 4.91. The van der Waals surface area contributed by atoms with Gasteiger partial charge in [0, 0.05) is 21.8 Å². The molecule has 130 valence electrons. The number of amides is 1. The summed E-state index contributed by atoms with van der Waals surface area (Å²) in [4.78, 5) is 34.0. The molecule has 0 aliphatic carbocycles. The predicted molar refractivity (Wildman–Crippen MR) is 93.2 cm³/mol. The molecule has 0 aliphatic rings. The highest BCUT2D eigenvalue weighted by atomic mass is 35.5. The first-order chi connectivity index (χ1) is 11.8. The molecule has 2 aromatic rings. The van der Waals surface area contributed by atoms with Gasteiger partial charge in [0.2, 0.25) is 0 Å². The Morgan fingerprint density at radius 1 is 1.20 bits per heavy atom. The number of carbonyl (C=O) groups is 2. The van der Waals surface area contributed by atoms with Crippen molar-refractivity contribution in [1.82, 2.24) is 0 Å². The van der Waals surface area contributed by atoms with Crippen LogP contribution in [0.5, 0.6) is 0 Å². The number of halogens is 2. The standard InChI is InChI=1S/C16H12Cl2N2O5/c1-9-2-4-11(7-13(9)18)19-15(21)8-25-16(22)12-5-3-10(17)6-14(12)20(23)24/h2-7H,8H2,1H3,(H,19,21). The van der Waals surface area contributed by atoms with Crippen molar-refractivity contribution < 1.29 is 19.2 Å². The smallest absolute Gasteiger partial charge is 0.345 e. The van der Waals surface area contributed by atoms with Gasteiger partial charge in [-0.05, 0) is 36.8 Å². The highest BCUT2D eigenvalue weighted by Gasteiger charge is 2.22. The van der Waals surface area contributed by atoms with Crippen molar-refractivity contribution in [3.05, 3.63) is 67.7 Å². The molecule has 0 unspecified atom stereocenters. The number of hydrogen-bond acceptors (Lipinski definition) is 5. The van der Waals surface area contributed by atoms with Crippen LogP contribution in [0.3, 0.4) is 0 Å². The summed E-state index contributed by atoms with van der Waals surface area (Å²) in [5, 5.41) is 14.1. The molecule has 1 amide bonds. The Kier molecular flexibility index (Phi) is 5.95. The maximum Gasteiger partial charge on any atom is 0.345 e. The predicted octanol–water partition coefficient (Wildman–Crippen LogP) is 4.01. The number of nitro benzene ring substituents is 1. The van der Waals surface area contributed by atoms with Gasteiger partial charge in [0.05, 0.1) is 4.92 Å². The summed E-state index contributed by atoms with van der Waals surface area (Å²) in [6, 6.07) is 8.44. The number of esters is 1. The molecule has 0 aromatic heterocycles. The molecule has 2 rings (SSSR count). The molecule has 9 heteroatoms. The van der Waals surface area contributed by atoms with Crippen molar-refractivity contribution in [2.24, 2.45) is 0 Å². The second-order valence-corrected chi connectivity index (χ2v) is 5.85. The van der Waals surface area contributed by atoms with E-state index >= 15 is 0 Å². The van der Waals surface area contributed by atoms with Crippen LogP contribution in [0.4, 0.5) is 11.4 Å². The number of anilines is 1. The summed E-state index contributed by atoms with van der Waals surface area (Å²) >= 11 is 11.6. The minimum absolute atomic E-state index is 0.109. The van der Waals surface area contributed by atoms with Crippen LogP contribution in [-0.4, -0.2) is 23.4 Å². The number of nitrogens with one attached hydrogen (secondary N) is 1. The van der Waals surface area contributed by atoms with Crippen molar-refractivity contribution in [1.29, 1.82) is 0 Å². The molecule has 0 fully saturated rings. The number of aryl methyl sites for hydroxylation is 1. The third-order valence-electron chi connectivity index (χ3n) is 3.17. The van der Waals surface area contributed by atoms with Gasteiger partial charge >= 0.3 is 5.97 Å². The fourth-order valence-corrected chi connectivity index (χ4v) is 2.25. The molecular formula is C16H12Cl2N2O5. The highest BCUT2D eigenvalue weighted by Crippen LogP contribution is 2.24. The number of ether oxygens (including phenoxy) is 1. The molecular weight excluding hydrogens is 371 g/mol. The molecule has 0 spiro atoms. The number of hydrogen-bond donors (Lipinski definition) is 1. The van der Waals surface area contributed by atoms with Gasteiger partial charge < -0.3 is 10.1 Å². The lowest BCUT2D eigenvalue weighted by Crippen LogP contribution is -2.21.